The van der Waals surface area contributed by atoms with E-state index in [0.29, 0.717) is 18.7 Å². The van der Waals surface area contributed by atoms with E-state index in [-0.39, 0.29) is 49.7 Å². The number of esters is 1. The van der Waals surface area contributed by atoms with Crippen LogP contribution in [-0.2, 0) is 33.9 Å². The fraction of sp³-hybridized carbons (Fsp3) is 0.575. The van der Waals surface area contributed by atoms with Gasteiger partial charge in [0.2, 0.25) is 27.7 Å². The third-order valence-corrected chi connectivity index (χ3v) is 14.2. The summed E-state index contributed by atoms with van der Waals surface area (Å²) >= 11 is 0. The normalized spacial score (nSPS) is 32.6. The van der Waals surface area contributed by atoms with E-state index in [2.05, 4.69) is 33.8 Å². The number of hydrogen-bond acceptors (Lipinski definition) is 9. The molecule has 12 nitrogen and oxygen atoms in total. The van der Waals surface area contributed by atoms with Gasteiger partial charge in [0.05, 0.1) is 24.1 Å². The highest BCUT2D eigenvalue weighted by Crippen LogP contribution is 2.46. The van der Waals surface area contributed by atoms with Crippen LogP contribution in [0, 0.1) is 23.7 Å². The molecule has 4 bridgehead atoms. The van der Waals surface area contributed by atoms with E-state index in [1.54, 1.807) is 6.20 Å². The Hall–Kier alpha value is -4.26. The molecule has 0 spiro atoms. The lowest BCUT2D eigenvalue weighted by molar-refractivity contribution is -0.156. The van der Waals surface area contributed by atoms with Crippen molar-refractivity contribution in [2.75, 3.05) is 6.54 Å². The van der Waals surface area contributed by atoms with Gasteiger partial charge in [-0.1, -0.05) is 43.2 Å². The zero-order chi connectivity index (χ0) is 36.9. The number of nitrogens with zero attached hydrogens (tertiary/aromatic N) is 2. The second kappa shape index (κ2) is 14.2. The molecule has 2 N–H and O–H groups in total. The SMILES string of the molecule is C=C[C@H]1C[C@]1(NC(=O)[C@@H]1C[C@@H]2CN1C(=O)[C@H](C1CCCC1)CC(=O)O[C@@H]1CCCC1C/C=C/c1ccc3ccnc(c3c1)O2)C(=O)NS(=O)(=O)C1CC1. The Balaban J connectivity index is 1.13. The van der Waals surface area contributed by atoms with Crippen molar-refractivity contribution >= 4 is 50.6 Å². The van der Waals surface area contributed by atoms with Crippen molar-refractivity contribution in [3.8, 4) is 5.88 Å². The average Bonchev–Trinajstić information content (AvgIpc) is 3.93. The lowest BCUT2D eigenvalue weighted by Gasteiger charge is -2.31. The number of benzene rings is 1. The van der Waals surface area contributed by atoms with Gasteiger partial charge < -0.3 is 19.7 Å². The number of rotatable bonds is 7. The van der Waals surface area contributed by atoms with E-state index >= 15 is 0 Å². The summed E-state index contributed by atoms with van der Waals surface area (Å²) in [4.78, 5) is 62.5. The Bertz CT molecular complexity index is 1960. The molecule has 1 unspecified atom stereocenters. The van der Waals surface area contributed by atoms with Gasteiger partial charge in [-0.3, -0.25) is 23.9 Å². The lowest BCUT2D eigenvalue weighted by atomic mass is 9.86. The van der Waals surface area contributed by atoms with E-state index in [1.807, 2.05) is 24.3 Å². The molecular formula is C40H48N4O8S. The number of ether oxygens (including phenoxy) is 2. The second-order valence-electron chi connectivity index (χ2n) is 16.0. The molecule has 7 atom stereocenters. The Labute approximate surface area is 310 Å². The molecule has 2 aliphatic heterocycles. The van der Waals surface area contributed by atoms with Crippen molar-refractivity contribution in [1.82, 2.24) is 19.9 Å². The first kappa shape index (κ1) is 35.8. The van der Waals surface area contributed by atoms with Crippen molar-refractivity contribution in [3.05, 3.63) is 54.8 Å². The minimum atomic E-state index is -3.87. The second-order valence-corrected chi connectivity index (χ2v) is 17.9. The third-order valence-electron chi connectivity index (χ3n) is 12.4. The molecule has 0 radical (unpaired) electrons. The molecule has 6 aliphatic rings. The Morgan fingerprint density at radius 1 is 1.00 bits per heavy atom. The Kier molecular flexibility index (Phi) is 9.57. The minimum Gasteiger partial charge on any atom is -0.472 e. The molecule has 1 saturated heterocycles. The number of fused-ring (bicyclic) bond motifs is 4. The van der Waals surface area contributed by atoms with Gasteiger partial charge in [0, 0.05) is 23.9 Å². The van der Waals surface area contributed by atoms with Crippen molar-refractivity contribution in [1.29, 1.82) is 0 Å². The molecule has 282 valence electrons. The molecule has 8 rings (SSSR count). The number of nitrogens with one attached hydrogen (secondary N) is 2. The zero-order valence-corrected chi connectivity index (χ0v) is 30.7. The van der Waals surface area contributed by atoms with Crippen LogP contribution >= 0.6 is 0 Å². The van der Waals surface area contributed by atoms with Crippen LogP contribution in [0.3, 0.4) is 0 Å². The highest BCUT2D eigenvalue weighted by atomic mass is 32.2. The summed E-state index contributed by atoms with van der Waals surface area (Å²) < 4.78 is 40.3. The topological polar surface area (TPSA) is 161 Å². The number of aromatic nitrogens is 1. The number of pyridine rings is 1. The molecule has 1 aromatic carbocycles. The first-order valence-corrected chi connectivity index (χ1v) is 20.8. The Morgan fingerprint density at radius 3 is 2.55 bits per heavy atom. The van der Waals surface area contributed by atoms with Crippen molar-refractivity contribution < 1.29 is 37.1 Å². The van der Waals surface area contributed by atoms with Crippen molar-refractivity contribution in [2.45, 2.75) is 113 Å². The molecule has 13 heteroatoms. The number of allylic oxidation sites excluding steroid dienone is 1. The van der Waals surface area contributed by atoms with E-state index in [4.69, 9.17) is 9.47 Å². The van der Waals surface area contributed by atoms with E-state index in [1.165, 1.54) is 11.0 Å². The van der Waals surface area contributed by atoms with Crippen LogP contribution in [0.4, 0.5) is 0 Å². The molecule has 2 aromatic rings. The summed E-state index contributed by atoms with van der Waals surface area (Å²) in [6, 6.07) is 6.92. The third kappa shape index (κ3) is 7.20. The summed E-state index contributed by atoms with van der Waals surface area (Å²) in [6.07, 6.45) is 14.7. The van der Waals surface area contributed by atoms with Crippen LogP contribution in [0.2, 0.25) is 0 Å². The number of sulfonamides is 1. The van der Waals surface area contributed by atoms with E-state index in [0.717, 1.165) is 67.7 Å². The molecular weight excluding hydrogens is 697 g/mol. The van der Waals surface area contributed by atoms with Gasteiger partial charge in [0.25, 0.3) is 5.91 Å². The fourth-order valence-electron chi connectivity index (χ4n) is 9.14. The molecule has 3 heterocycles. The maximum Gasteiger partial charge on any atom is 0.306 e. The number of carbonyl (C=O) groups excluding carboxylic acids is 4. The summed E-state index contributed by atoms with van der Waals surface area (Å²) in [7, 11) is -3.87. The highest BCUT2D eigenvalue weighted by molar-refractivity contribution is 7.91. The predicted octanol–water partition coefficient (Wildman–Crippen LogP) is 4.58. The molecule has 5 fully saturated rings. The average molecular weight is 745 g/mol. The van der Waals surface area contributed by atoms with Gasteiger partial charge >= 0.3 is 5.97 Å². The van der Waals surface area contributed by atoms with Crippen LogP contribution in [0.1, 0.15) is 89.0 Å². The van der Waals surface area contributed by atoms with Gasteiger partial charge in [0.1, 0.15) is 23.8 Å². The monoisotopic (exact) mass is 744 g/mol. The van der Waals surface area contributed by atoms with Crippen molar-refractivity contribution in [3.63, 3.8) is 0 Å². The summed E-state index contributed by atoms with van der Waals surface area (Å²) in [5, 5.41) is 3.98. The predicted molar refractivity (Wildman–Crippen MR) is 196 cm³/mol. The molecule has 3 amide bonds. The van der Waals surface area contributed by atoms with Crippen LogP contribution in [-0.4, -0.2) is 77.6 Å². The highest BCUT2D eigenvalue weighted by Gasteiger charge is 2.62. The van der Waals surface area contributed by atoms with Crippen LogP contribution in [0.25, 0.3) is 16.8 Å². The van der Waals surface area contributed by atoms with Crippen molar-refractivity contribution in [2.24, 2.45) is 23.7 Å². The van der Waals surface area contributed by atoms with Crippen LogP contribution in [0.5, 0.6) is 5.88 Å². The summed E-state index contributed by atoms with van der Waals surface area (Å²) in [6.45, 7) is 3.88. The molecule has 1 aromatic heterocycles. The molecule has 4 aliphatic carbocycles. The van der Waals surface area contributed by atoms with E-state index in [9.17, 15) is 27.6 Å². The van der Waals surface area contributed by atoms with Gasteiger partial charge in [0.15, 0.2) is 0 Å². The largest absolute Gasteiger partial charge is 0.472 e. The Morgan fingerprint density at radius 2 is 1.79 bits per heavy atom. The molecule has 53 heavy (non-hydrogen) atoms. The van der Waals surface area contributed by atoms with Gasteiger partial charge in [-0.2, -0.15) is 0 Å². The fourth-order valence-corrected chi connectivity index (χ4v) is 10.5. The zero-order valence-electron chi connectivity index (χ0n) is 29.9. The maximum atomic E-state index is 14.8. The summed E-state index contributed by atoms with van der Waals surface area (Å²) in [5.41, 5.74) is -0.537. The first-order valence-electron chi connectivity index (χ1n) is 19.3. The van der Waals surface area contributed by atoms with Crippen LogP contribution < -0.4 is 14.8 Å². The first-order chi connectivity index (χ1) is 25.5. The summed E-state index contributed by atoms with van der Waals surface area (Å²) in [5.74, 6) is -2.72. The lowest BCUT2D eigenvalue weighted by Crippen LogP contribution is -2.57. The quantitative estimate of drug-likeness (QED) is 0.306. The van der Waals surface area contributed by atoms with Gasteiger partial charge in [-0.05, 0) is 92.7 Å². The van der Waals surface area contributed by atoms with Crippen LogP contribution in [0.15, 0.2) is 49.2 Å². The number of amides is 3. The molecule has 4 saturated carbocycles. The maximum absolute atomic E-state index is 14.8. The minimum absolute atomic E-state index is 0.0388. The number of carbonyl (C=O) groups is 4. The smallest absolute Gasteiger partial charge is 0.306 e. The van der Waals surface area contributed by atoms with Gasteiger partial charge in [-0.15, -0.1) is 6.58 Å². The number of hydrogen-bond donors (Lipinski definition) is 2. The standard InChI is InChI=1S/C40H48N4O8S/c1-2-28-22-40(28,39(48)43-53(49,50)30-15-16-30)42-36(46)33-20-29-23-44(33)38(47)32(25-8-3-4-9-25)21-35(45)52-34-12-6-11-27(34)10-5-7-24-13-14-26-17-18-41-37(51-29)31(26)19-24/h2,5,7,13-14,17-19,25,27-30,32-34H,1,3-4,6,8-12,15-16,20-23H2,(H,42,46)(H,43,48)/b7-5+/t27?,28-,29+,32-,33-,34+,40+/m0/s1. The van der Waals surface area contributed by atoms with Gasteiger partial charge in [-0.25, -0.2) is 13.4 Å². The van der Waals surface area contributed by atoms with E-state index < -0.39 is 62.6 Å².